The maximum Gasteiger partial charge on any atom is 0.514 e. The highest BCUT2D eigenvalue weighted by atomic mass is 16.7. The fourth-order valence-corrected chi connectivity index (χ4v) is 1.98. The summed E-state index contributed by atoms with van der Waals surface area (Å²) in [6.45, 7) is 0.195. The molecule has 2 aromatic carbocycles. The number of H-pyrrole nitrogens is 1. The van der Waals surface area contributed by atoms with E-state index in [1.165, 1.54) is 0 Å². The third kappa shape index (κ3) is 2.64. The second-order valence-corrected chi connectivity index (χ2v) is 4.32. The number of hydrogen-bond donors (Lipinski definition) is 1. The monoisotopic (exact) mass is 267 g/mol. The third-order valence-corrected chi connectivity index (χ3v) is 2.94. The molecule has 0 unspecified atom stereocenters. The topological polar surface area (TPSA) is 51.3 Å². The molecule has 3 rings (SSSR count). The molecule has 0 radical (unpaired) electrons. The average molecular weight is 267 g/mol. The summed E-state index contributed by atoms with van der Waals surface area (Å²) in [5.74, 6) is 0.463. The average Bonchev–Trinajstić information content (AvgIpc) is 2.96. The van der Waals surface area contributed by atoms with Gasteiger partial charge in [0.05, 0.1) is 5.52 Å². The third-order valence-electron chi connectivity index (χ3n) is 2.94. The van der Waals surface area contributed by atoms with Crippen molar-refractivity contribution >= 4 is 17.1 Å². The van der Waals surface area contributed by atoms with E-state index in [2.05, 4.69) is 4.98 Å². The summed E-state index contributed by atoms with van der Waals surface area (Å²) in [5.41, 5.74) is 1.70. The predicted molar refractivity (Wildman–Crippen MR) is 75.6 cm³/mol. The van der Waals surface area contributed by atoms with E-state index in [0.29, 0.717) is 5.75 Å². The lowest BCUT2D eigenvalue weighted by Crippen LogP contribution is -2.10. The Morgan fingerprint density at radius 3 is 2.70 bits per heavy atom. The summed E-state index contributed by atoms with van der Waals surface area (Å²) < 4.78 is 10.3. The van der Waals surface area contributed by atoms with Crippen LogP contribution in [0.2, 0.25) is 0 Å². The Morgan fingerprint density at radius 1 is 1.00 bits per heavy atom. The van der Waals surface area contributed by atoms with E-state index in [1.807, 2.05) is 48.5 Å². The minimum absolute atomic E-state index is 0.195. The van der Waals surface area contributed by atoms with Crippen molar-refractivity contribution in [2.75, 3.05) is 0 Å². The van der Waals surface area contributed by atoms with E-state index in [-0.39, 0.29) is 6.61 Å². The number of ether oxygens (including phenoxy) is 2. The largest absolute Gasteiger partial charge is 0.514 e. The van der Waals surface area contributed by atoms with Gasteiger partial charge in [-0.25, -0.2) is 4.79 Å². The molecule has 0 spiro atoms. The first-order valence-corrected chi connectivity index (χ1v) is 6.27. The lowest BCUT2D eigenvalue weighted by molar-refractivity contribution is 0.0932. The quantitative estimate of drug-likeness (QED) is 0.578. The first kappa shape index (κ1) is 12.3. The molecule has 0 bridgehead atoms. The summed E-state index contributed by atoms with van der Waals surface area (Å²) in [6, 6.07) is 16.9. The first-order chi connectivity index (χ1) is 9.83. The summed E-state index contributed by atoms with van der Waals surface area (Å²) in [7, 11) is 0. The molecule has 0 saturated carbocycles. The molecule has 20 heavy (non-hydrogen) atoms. The van der Waals surface area contributed by atoms with Gasteiger partial charge in [-0.15, -0.1) is 0 Å². The van der Waals surface area contributed by atoms with Crippen LogP contribution < -0.4 is 4.74 Å². The van der Waals surface area contributed by atoms with E-state index >= 15 is 0 Å². The van der Waals surface area contributed by atoms with Crippen LogP contribution in [0.4, 0.5) is 4.79 Å². The number of aromatic nitrogens is 1. The lowest BCUT2D eigenvalue weighted by atomic mass is 10.2. The summed E-state index contributed by atoms with van der Waals surface area (Å²) in [5, 5.41) is 0.985. The minimum atomic E-state index is -0.712. The van der Waals surface area contributed by atoms with Gasteiger partial charge in [-0.3, -0.25) is 0 Å². The molecule has 0 amide bonds. The molecule has 1 heterocycles. The number of hydrogen-bond acceptors (Lipinski definition) is 3. The fraction of sp³-hybridized carbons (Fsp3) is 0.0625. The van der Waals surface area contributed by atoms with Gasteiger partial charge in [0, 0.05) is 11.6 Å². The highest BCUT2D eigenvalue weighted by Crippen LogP contribution is 2.24. The molecule has 0 aliphatic carbocycles. The Balaban J connectivity index is 1.66. The molecule has 0 fully saturated rings. The standard InChI is InChI=1S/C16H13NO3/c18-16(19-11-12-5-2-1-3-6-12)20-14-8-4-7-13-9-10-17-15(13)14/h1-10,17H,11H2. The van der Waals surface area contributed by atoms with Crippen molar-refractivity contribution < 1.29 is 14.3 Å². The maximum absolute atomic E-state index is 11.7. The van der Waals surface area contributed by atoms with Gasteiger partial charge in [0.2, 0.25) is 0 Å². The normalized spacial score (nSPS) is 10.4. The first-order valence-electron chi connectivity index (χ1n) is 6.27. The van der Waals surface area contributed by atoms with Gasteiger partial charge in [-0.2, -0.15) is 0 Å². The smallest absolute Gasteiger partial charge is 0.429 e. The molecular weight excluding hydrogens is 254 g/mol. The number of benzene rings is 2. The summed E-state index contributed by atoms with van der Waals surface area (Å²) in [4.78, 5) is 14.7. The Kier molecular flexibility index (Phi) is 3.37. The van der Waals surface area contributed by atoms with E-state index in [0.717, 1.165) is 16.5 Å². The molecule has 0 aliphatic rings. The Bertz CT molecular complexity index is 719. The van der Waals surface area contributed by atoms with E-state index in [4.69, 9.17) is 9.47 Å². The van der Waals surface area contributed by atoms with Gasteiger partial charge in [0.25, 0.3) is 0 Å². The van der Waals surface area contributed by atoms with Crippen molar-refractivity contribution in [3.8, 4) is 5.75 Å². The van der Waals surface area contributed by atoms with Gasteiger partial charge in [0.15, 0.2) is 5.75 Å². The van der Waals surface area contributed by atoms with Crippen LogP contribution in [0.15, 0.2) is 60.8 Å². The predicted octanol–water partition coefficient (Wildman–Crippen LogP) is 3.88. The second-order valence-electron chi connectivity index (χ2n) is 4.32. The summed E-state index contributed by atoms with van der Waals surface area (Å²) >= 11 is 0. The van der Waals surface area contributed by atoms with Crippen molar-refractivity contribution in [1.29, 1.82) is 0 Å². The minimum Gasteiger partial charge on any atom is -0.429 e. The van der Waals surface area contributed by atoms with Crippen molar-refractivity contribution in [2.45, 2.75) is 6.61 Å². The zero-order valence-corrected chi connectivity index (χ0v) is 10.7. The van der Waals surface area contributed by atoms with Gasteiger partial charge in [-0.1, -0.05) is 42.5 Å². The number of para-hydroxylation sites is 1. The van der Waals surface area contributed by atoms with Crippen LogP contribution in [0, 0.1) is 0 Å². The molecule has 4 nitrogen and oxygen atoms in total. The van der Waals surface area contributed by atoms with Crippen LogP contribution in [-0.2, 0) is 11.3 Å². The number of fused-ring (bicyclic) bond motifs is 1. The SMILES string of the molecule is O=C(OCc1ccccc1)Oc1cccc2cc[nH]c12. The molecule has 1 N–H and O–H groups in total. The van der Waals surface area contributed by atoms with Crippen LogP contribution in [0.3, 0.4) is 0 Å². The van der Waals surface area contributed by atoms with Gasteiger partial charge >= 0.3 is 6.16 Å². The Labute approximate surface area is 115 Å². The highest BCUT2D eigenvalue weighted by Gasteiger charge is 2.10. The van der Waals surface area contributed by atoms with Gasteiger partial charge in [0.1, 0.15) is 6.61 Å². The number of rotatable bonds is 3. The van der Waals surface area contributed by atoms with Gasteiger partial charge in [-0.05, 0) is 17.7 Å². The molecule has 0 saturated heterocycles. The fourth-order valence-electron chi connectivity index (χ4n) is 1.98. The van der Waals surface area contributed by atoms with Crippen LogP contribution in [0.1, 0.15) is 5.56 Å². The maximum atomic E-state index is 11.7. The zero-order valence-electron chi connectivity index (χ0n) is 10.7. The van der Waals surface area contributed by atoms with Crippen LogP contribution in [0.5, 0.6) is 5.75 Å². The number of carbonyl (C=O) groups excluding carboxylic acids is 1. The molecule has 0 aliphatic heterocycles. The van der Waals surface area contributed by atoms with Crippen molar-refractivity contribution in [1.82, 2.24) is 4.98 Å². The Hall–Kier alpha value is -2.75. The lowest BCUT2D eigenvalue weighted by Gasteiger charge is -2.06. The zero-order chi connectivity index (χ0) is 13.8. The van der Waals surface area contributed by atoms with Crippen molar-refractivity contribution in [2.24, 2.45) is 0 Å². The molecule has 4 heteroatoms. The number of carbonyl (C=O) groups is 1. The van der Waals surface area contributed by atoms with E-state index in [1.54, 1.807) is 12.3 Å². The molecule has 3 aromatic rings. The summed E-state index contributed by atoms with van der Waals surface area (Å²) in [6.07, 6.45) is 1.09. The van der Waals surface area contributed by atoms with Crippen LogP contribution in [0.25, 0.3) is 10.9 Å². The molecule has 100 valence electrons. The van der Waals surface area contributed by atoms with Crippen LogP contribution in [-0.4, -0.2) is 11.1 Å². The van der Waals surface area contributed by atoms with Crippen molar-refractivity contribution in [3.63, 3.8) is 0 Å². The van der Waals surface area contributed by atoms with Gasteiger partial charge < -0.3 is 14.5 Å². The molecule has 0 atom stereocenters. The highest BCUT2D eigenvalue weighted by molar-refractivity contribution is 5.86. The molecular formula is C16H13NO3. The van der Waals surface area contributed by atoms with E-state index < -0.39 is 6.16 Å². The van der Waals surface area contributed by atoms with E-state index in [9.17, 15) is 4.79 Å². The van der Waals surface area contributed by atoms with Crippen molar-refractivity contribution in [3.05, 3.63) is 66.4 Å². The second kappa shape index (κ2) is 5.48. The molecule has 1 aromatic heterocycles. The Morgan fingerprint density at radius 2 is 1.85 bits per heavy atom. The number of aromatic amines is 1. The number of nitrogens with one attached hydrogen (secondary N) is 1. The van der Waals surface area contributed by atoms with Crippen LogP contribution >= 0.6 is 0 Å².